The molecule has 0 radical (unpaired) electrons. The van der Waals surface area contributed by atoms with E-state index in [1.165, 1.54) is 6.07 Å². The van der Waals surface area contributed by atoms with Crippen molar-refractivity contribution in [3.63, 3.8) is 0 Å². The topological polar surface area (TPSA) is 41.1 Å². The van der Waals surface area contributed by atoms with Crippen LogP contribution in [0.5, 0.6) is 0 Å². The van der Waals surface area contributed by atoms with E-state index >= 15 is 0 Å². The summed E-state index contributed by atoms with van der Waals surface area (Å²) in [6, 6.07) is 13.7. The monoisotopic (exact) mass is 370 g/mol. The number of halogens is 2. The SMILES string of the molecule is O=C(CNc1ccccc1F)Nc1cccc(I)c1. The number of benzene rings is 2. The minimum atomic E-state index is -0.371. The predicted octanol–water partition coefficient (Wildman–Crippen LogP) is 3.48. The van der Waals surface area contributed by atoms with Crippen molar-refractivity contribution < 1.29 is 9.18 Å². The quantitative estimate of drug-likeness (QED) is 0.810. The Morgan fingerprint density at radius 1 is 1.16 bits per heavy atom. The molecular weight excluding hydrogens is 358 g/mol. The van der Waals surface area contributed by atoms with Crippen LogP contribution in [0.1, 0.15) is 0 Å². The van der Waals surface area contributed by atoms with Gasteiger partial charge in [-0.1, -0.05) is 18.2 Å². The first-order valence-corrected chi connectivity index (χ1v) is 6.77. The van der Waals surface area contributed by atoms with Gasteiger partial charge in [0.15, 0.2) is 0 Å². The molecule has 19 heavy (non-hydrogen) atoms. The maximum atomic E-state index is 13.3. The number of rotatable bonds is 4. The van der Waals surface area contributed by atoms with Gasteiger partial charge in [-0.3, -0.25) is 4.79 Å². The second kappa shape index (κ2) is 6.51. The zero-order valence-corrected chi connectivity index (χ0v) is 12.1. The van der Waals surface area contributed by atoms with Crippen LogP contribution in [0.25, 0.3) is 0 Å². The number of carbonyl (C=O) groups excluding carboxylic acids is 1. The van der Waals surface area contributed by atoms with E-state index < -0.39 is 0 Å². The molecule has 0 saturated heterocycles. The smallest absolute Gasteiger partial charge is 0.243 e. The Labute approximate surface area is 124 Å². The van der Waals surface area contributed by atoms with Gasteiger partial charge in [0, 0.05) is 9.26 Å². The Morgan fingerprint density at radius 2 is 1.95 bits per heavy atom. The van der Waals surface area contributed by atoms with Gasteiger partial charge in [-0.15, -0.1) is 0 Å². The van der Waals surface area contributed by atoms with E-state index in [1.807, 2.05) is 24.3 Å². The number of carbonyl (C=O) groups is 1. The van der Waals surface area contributed by atoms with Crippen LogP contribution < -0.4 is 10.6 Å². The molecule has 2 aromatic rings. The highest BCUT2D eigenvalue weighted by molar-refractivity contribution is 14.1. The number of hydrogen-bond acceptors (Lipinski definition) is 2. The third-order valence-electron chi connectivity index (χ3n) is 2.42. The lowest BCUT2D eigenvalue weighted by molar-refractivity contribution is -0.114. The summed E-state index contributed by atoms with van der Waals surface area (Å²) in [6.07, 6.45) is 0. The summed E-state index contributed by atoms with van der Waals surface area (Å²) in [7, 11) is 0. The Hall–Kier alpha value is -1.63. The van der Waals surface area contributed by atoms with Gasteiger partial charge in [0.1, 0.15) is 5.82 Å². The van der Waals surface area contributed by atoms with E-state index in [2.05, 4.69) is 33.2 Å². The number of hydrogen-bond donors (Lipinski definition) is 2. The lowest BCUT2D eigenvalue weighted by Crippen LogP contribution is -2.22. The zero-order chi connectivity index (χ0) is 13.7. The van der Waals surface area contributed by atoms with Crippen molar-refractivity contribution >= 4 is 39.9 Å². The van der Waals surface area contributed by atoms with E-state index in [0.29, 0.717) is 5.69 Å². The van der Waals surface area contributed by atoms with Crippen molar-refractivity contribution in [1.29, 1.82) is 0 Å². The first kappa shape index (κ1) is 13.8. The minimum Gasteiger partial charge on any atom is -0.374 e. The van der Waals surface area contributed by atoms with Gasteiger partial charge in [0.2, 0.25) is 5.91 Å². The number of nitrogens with one attached hydrogen (secondary N) is 2. The van der Waals surface area contributed by atoms with Crippen molar-refractivity contribution in [2.24, 2.45) is 0 Å². The van der Waals surface area contributed by atoms with Crippen molar-refractivity contribution in [1.82, 2.24) is 0 Å². The molecule has 0 aliphatic heterocycles. The second-order valence-electron chi connectivity index (χ2n) is 3.89. The minimum absolute atomic E-state index is 0.0202. The molecule has 0 bridgehead atoms. The lowest BCUT2D eigenvalue weighted by Gasteiger charge is -2.08. The van der Waals surface area contributed by atoms with Crippen LogP contribution in [0, 0.1) is 9.39 Å². The Balaban J connectivity index is 1.90. The molecule has 2 aromatic carbocycles. The van der Waals surface area contributed by atoms with E-state index in [0.717, 1.165) is 9.26 Å². The molecule has 0 atom stereocenters. The molecule has 98 valence electrons. The number of para-hydroxylation sites is 1. The number of anilines is 2. The predicted molar refractivity (Wildman–Crippen MR) is 82.7 cm³/mol. The molecule has 0 aliphatic carbocycles. The maximum absolute atomic E-state index is 13.3. The Morgan fingerprint density at radius 3 is 2.68 bits per heavy atom. The van der Waals surface area contributed by atoms with Crippen molar-refractivity contribution in [2.75, 3.05) is 17.2 Å². The summed E-state index contributed by atoms with van der Waals surface area (Å²) in [6.45, 7) is 0.0202. The fourth-order valence-corrected chi connectivity index (χ4v) is 2.09. The van der Waals surface area contributed by atoms with Crippen molar-refractivity contribution in [3.05, 3.63) is 57.9 Å². The van der Waals surface area contributed by atoms with E-state index in [9.17, 15) is 9.18 Å². The molecule has 3 nitrogen and oxygen atoms in total. The van der Waals surface area contributed by atoms with E-state index in [1.54, 1.807) is 18.2 Å². The summed E-state index contributed by atoms with van der Waals surface area (Å²) >= 11 is 2.17. The molecule has 0 aromatic heterocycles. The summed E-state index contributed by atoms with van der Waals surface area (Å²) in [5.74, 6) is -0.588. The van der Waals surface area contributed by atoms with Crippen LogP contribution in [0.15, 0.2) is 48.5 Å². The van der Waals surface area contributed by atoms with E-state index in [-0.39, 0.29) is 18.3 Å². The van der Waals surface area contributed by atoms with Gasteiger partial charge in [-0.2, -0.15) is 0 Å². The summed E-state index contributed by atoms with van der Waals surface area (Å²) in [4.78, 5) is 11.7. The van der Waals surface area contributed by atoms with Crippen LogP contribution in [0.4, 0.5) is 15.8 Å². The van der Waals surface area contributed by atoms with Crippen LogP contribution in [0.2, 0.25) is 0 Å². The van der Waals surface area contributed by atoms with Crippen LogP contribution in [0.3, 0.4) is 0 Å². The standard InChI is InChI=1S/C14H12FIN2O/c15-12-6-1-2-7-13(12)17-9-14(19)18-11-5-3-4-10(16)8-11/h1-8,17H,9H2,(H,18,19). The van der Waals surface area contributed by atoms with Crippen molar-refractivity contribution in [3.8, 4) is 0 Å². The Kier molecular flexibility index (Phi) is 4.73. The fraction of sp³-hybridized carbons (Fsp3) is 0.0714. The molecule has 0 heterocycles. The molecular formula is C14H12FIN2O. The van der Waals surface area contributed by atoms with Gasteiger partial charge in [0.05, 0.1) is 12.2 Å². The summed E-state index contributed by atoms with van der Waals surface area (Å²) < 4.78 is 14.4. The van der Waals surface area contributed by atoms with Gasteiger partial charge in [-0.25, -0.2) is 4.39 Å². The third-order valence-corrected chi connectivity index (χ3v) is 3.09. The second-order valence-corrected chi connectivity index (χ2v) is 5.14. The molecule has 0 aliphatic rings. The molecule has 2 N–H and O–H groups in total. The highest BCUT2D eigenvalue weighted by Crippen LogP contribution is 2.13. The first-order valence-electron chi connectivity index (χ1n) is 5.69. The third kappa shape index (κ3) is 4.20. The van der Waals surface area contributed by atoms with Crippen molar-refractivity contribution in [2.45, 2.75) is 0 Å². The molecule has 0 saturated carbocycles. The maximum Gasteiger partial charge on any atom is 0.243 e. The lowest BCUT2D eigenvalue weighted by atomic mass is 10.3. The van der Waals surface area contributed by atoms with Gasteiger partial charge < -0.3 is 10.6 Å². The normalized spacial score (nSPS) is 10.0. The molecule has 2 rings (SSSR count). The Bertz CT molecular complexity index is 589. The van der Waals surface area contributed by atoms with Crippen LogP contribution in [-0.2, 0) is 4.79 Å². The molecule has 1 amide bonds. The summed E-state index contributed by atoms with van der Waals surface area (Å²) in [5.41, 5.74) is 1.05. The van der Waals surface area contributed by atoms with Gasteiger partial charge in [-0.05, 0) is 52.9 Å². The largest absolute Gasteiger partial charge is 0.374 e. The zero-order valence-electron chi connectivity index (χ0n) is 9.99. The fourth-order valence-electron chi connectivity index (χ4n) is 1.55. The van der Waals surface area contributed by atoms with E-state index in [4.69, 9.17) is 0 Å². The molecule has 0 fully saturated rings. The average Bonchev–Trinajstić information content (AvgIpc) is 2.38. The molecule has 0 spiro atoms. The first-order chi connectivity index (χ1) is 9.15. The number of amides is 1. The van der Waals surface area contributed by atoms with Crippen LogP contribution >= 0.6 is 22.6 Å². The molecule has 5 heteroatoms. The van der Waals surface area contributed by atoms with Gasteiger partial charge in [0.25, 0.3) is 0 Å². The van der Waals surface area contributed by atoms with Crippen LogP contribution in [-0.4, -0.2) is 12.5 Å². The highest BCUT2D eigenvalue weighted by atomic mass is 127. The average molecular weight is 370 g/mol. The summed E-state index contributed by atoms with van der Waals surface area (Å²) in [5, 5.41) is 5.50. The highest BCUT2D eigenvalue weighted by Gasteiger charge is 2.04. The van der Waals surface area contributed by atoms with Gasteiger partial charge >= 0.3 is 0 Å². The molecule has 0 unspecified atom stereocenters.